The molecule has 4 unspecified atom stereocenters. The number of unbranched alkanes of at least 4 members (excludes halogenated alkanes) is 8. The van der Waals surface area contributed by atoms with Gasteiger partial charge >= 0.3 is 5.97 Å². The van der Waals surface area contributed by atoms with Crippen LogP contribution in [0.1, 0.15) is 127 Å². The fraction of sp³-hybridized carbons (Fsp3) is 0.750. The molecule has 182 valence electrons. The third kappa shape index (κ3) is 9.62. The molecular weight excluding hydrogens is 400 g/mol. The lowest BCUT2D eigenvalue weighted by Gasteiger charge is -2.35. The molecular formula is C28H46O4. The van der Waals surface area contributed by atoms with Crippen LogP contribution in [0.2, 0.25) is 0 Å². The first-order valence-corrected chi connectivity index (χ1v) is 13.1. The average Bonchev–Trinajstić information content (AvgIpc) is 2.80. The lowest BCUT2D eigenvalue weighted by molar-refractivity contribution is -0.237. The molecule has 1 heterocycles. The van der Waals surface area contributed by atoms with Crippen LogP contribution in [0.4, 0.5) is 0 Å². The van der Waals surface area contributed by atoms with Crippen molar-refractivity contribution in [2.45, 2.75) is 123 Å². The maximum Gasteiger partial charge on any atom is 0.338 e. The highest BCUT2D eigenvalue weighted by Gasteiger charge is 2.29. The summed E-state index contributed by atoms with van der Waals surface area (Å²) in [6.45, 7) is 9.33. The first kappa shape index (κ1) is 26.9. The summed E-state index contributed by atoms with van der Waals surface area (Å²) in [6.07, 6.45) is 14.5. The Labute approximate surface area is 196 Å². The molecule has 4 nitrogen and oxygen atoms in total. The molecule has 4 atom stereocenters. The van der Waals surface area contributed by atoms with Crippen molar-refractivity contribution in [3.63, 3.8) is 0 Å². The Balaban J connectivity index is 1.73. The number of ether oxygens (including phenoxy) is 3. The van der Waals surface area contributed by atoms with Gasteiger partial charge in [0, 0.05) is 11.5 Å². The van der Waals surface area contributed by atoms with Gasteiger partial charge in [-0.05, 0) is 45.2 Å². The van der Waals surface area contributed by atoms with Crippen molar-refractivity contribution >= 4 is 5.97 Å². The normalized spacial score (nSPS) is 21.9. The van der Waals surface area contributed by atoms with E-state index < -0.39 is 0 Å². The standard InChI is InChI=1S/C28H46O4/c1-5-7-9-11-12-14-16-26-21-30-28(32-23(26)4)25-19-17-24(18-20-25)27(29)31-22(3)15-13-10-8-6-2/h17-20,22-23,26,28H,5-16,21H2,1-4H3. The van der Waals surface area contributed by atoms with Gasteiger partial charge in [0.2, 0.25) is 0 Å². The van der Waals surface area contributed by atoms with Crippen LogP contribution in [-0.4, -0.2) is 24.8 Å². The molecule has 0 spiro atoms. The Hall–Kier alpha value is -1.39. The number of hydrogen-bond acceptors (Lipinski definition) is 4. The van der Waals surface area contributed by atoms with Gasteiger partial charge in [-0.1, -0.05) is 83.8 Å². The second-order valence-electron chi connectivity index (χ2n) is 9.51. The van der Waals surface area contributed by atoms with Crippen LogP contribution in [0.3, 0.4) is 0 Å². The Morgan fingerprint density at radius 1 is 0.969 bits per heavy atom. The minimum absolute atomic E-state index is 0.0477. The summed E-state index contributed by atoms with van der Waals surface area (Å²) in [5, 5.41) is 0. The van der Waals surface area contributed by atoms with Gasteiger partial charge in [-0.15, -0.1) is 0 Å². The van der Waals surface area contributed by atoms with E-state index in [4.69, 9.17) is 14.2 Å². The first-order chi connectivity index (χ1) is 15.5. The van der Waals surface area contributed by atoms with Crippen molar-refractivity contribution in [1.82, 2.24) is 0 Å². The maximum absolute atomic E-state index is 12.4. The van der Waals surface area contributed by atoms with E-state index in [1.807, 2.05) is 31.2 Å². The third-order valence-corrected chi connectivity index (χ3v) is 6.58. The molecule has 1 aromatic rings. The van der Waals surface area contributed by atoms with Crippen molar-refractivity contribution in [2.24, 2.45) is 5.92 Å². The van der Waals surface area contributed by atoms with E-state index in [1.165, 1.54) is 64.2 Å². The molecule has 0 bridgehead atoms. The quantitative estimate of drug-likeness (QED) is 0.202. The lowest BCUT2D eigenvalue weighted by Crippen LogP contribution is -2.34. The molecule has 0 aromatic heterocycles. The zero-order valence-electron chi connectivity index (χ0n) is 20.9. The molecule has 0 saturated carbocycles. The molecule has 0 radical (unpaired) electrons. The van der Waals surface area contributed by atoms with Crippen LogP contribution < -0.4 is 0 Å². The second kappa shape index (κ2) is 15.4. The van der Waals surface area contributed by atoms with Crippen LogP contribution in [0.5, 0.6) is 0 Å². The molecule has 32 heavy (non-hydrogen) atoms. The number of esters is 1. The van der Waals surface area contributed by atoms with Gasteiger partial charge in [0.05, 0.1) is 24.4 Å². The fourth-order valence-corrected chi connectivity index (χ4v) is 4.32. The van der Waals surface area contributed by atoms with Crippen molar-refractivity contribution in [1.29, 1.82) is 0 Å². The van der Waals surface area contributed by atoms with E-state index in [1.54, 1.807) is 0 Å². The van der Waals surface area contributed by atoms with Crippen molar-refractivity contribution < 1.29 is 19.0 Å². The molecule has 0 N–H and O–H groups in total. The van der Waals surface area contributed by atoms with Crippen molar-refractivity contribution in [3.05, 3.63) is 35.4 Å². The molecule has 4 heteroatoms. The molecule has 0 aliphatic carbocycles. The largest absolute Gasteiger partial charge is 0.459 e. The monoisotopic (exact) mass is 446 g/mol. The third-order valence-electron chi connectivity index (χ3n) is 6.58. The summed E-state index contributed by atoms with van der Waals surface area (Å²) >= 11 is 0. The summed E-state index contributed by atoms with van der Waals surface area (Å²) < 4.78 is 17.8. The van der Waals surface area contributed by atoms with Gasteiger partial charge in [0.25, 0.3) is 0 Å². The number of carbonyl (C=O) groups excluding carboxylic acids is 1. The van der Waals surface area contributed by atoms with E-state index in [0.717, 1.165) is 25.0 Å². The SMILES string of the molecule is CCCCCCCCC1COC(c2ccc(C(=O)OC(C)CCCCCC)cc2)OC1C. The summed E-state index contributed by atoms with van der Waals surface area (Å²) in [5.41, 5.74) is 1.54. The fourth-order valence-electron chi connectivity index (χ4n) is 4.32. The van der Waals surface area contributed by atoms with Crippen molar-refractivity contribution in [3.8, 4) is 0 Å². The maximum atomic E-state index is 12.4. The van der Waals surface area contributed by atoms with Crippen LogP contribution in [0.25, 0.3) is 0 Å². The predicted molar refractivity (Wildman–Crippen MR) is 131 cm³/mol. The average molecular weight is 447 g/mol. The zero-order valence-corrected chi connectivity index (χ0v) is 20.9. The smallest absolute Gasteiger partial charge is 0.338 e. The zero-order chi connectivity index (χ0) is 23.2. The van der Waals surface area contributed by atoms with Gasteiger partial charge in [0.1, 0.15) is 0 Å². The van der Waals surface area contributed by atoms with Gasteiger partial charge in [0.15, 0.2) is 6.29 Å². The molecule has 1 aromatic carbocycles. The van der Waals surface area contributed by atoms with Crippen LogP contribution >= 0.6 is 0 Å². The minimum atomic E-state index is -0.353. The number of hydrogen-bond donors (Lipinski definition) is 0. The van der Waals surface area contributed by atoms with Gasteiger partial charge in [-0.2, -0.15) is 0 Å². The Kier molecular flexibility index (Phi) is 13.0. The first-order valence-electron chi connectivity index (χ1n) is 13.1. The van der Waals surface area contributed by atoms with E-state index in [-0.39, 0.29) is 24.5 Å². The molecule has 1 saturated heterocycles. The Bertz CT molecular complexity index is 627. The van der Waals surface area contributed by atoms with Crippen LogP contribution in [0, 0.1) is 5.92 Å². The molecule has 1 aliphatic rings. The summed E-state index contributed by atoms with van der Waals surface area (Å²) in [7, 11) is 0. The molecule has 1 aliphatic heterocycles. The number of rotatable bonds is 15. The van der Waals surface area contributed by atoms with Crippen LogP contribution in [0.15, 0.2) is 24.3 Å². The Morgan fingerprint density at radius 3 is 2.25 bits per heavy atom. The van der Waals surface area contributed by atoms with Crippen molar-refractivity contribution in [2.75, 3.05) is 6.61 Å². The Morgan fingerprint density at radius 2 is 1.59 bits per heavy atom. The van der Waals surface area contributed by atoms with Crippen LogP contribution in [-0.2, 0) is 14.2 Å². The van der Waals surface area contributed by atoms with Gasteiger partial charge in [-0.3, -0.25) is 0 Å². The van der Waals surface area contributed by atoms with E-state index >= 15 is 0 Å². The van der Waals surface area contributed by atoms with E-state index in [0.29, 0.717) is 11.5 Å². The minimum Gasteiger partial charge on any atom is -0.459 e. The number of benzene rings is 1. The summed E-state index contributed by atoms with van der Waals surface area (Å²) in [4.78, 5) is 12.4. The van der Waals surface area contributed by atoms with Gasteiger partial charge in [-0.25, -0.2) is 4.79 Å². The topological polar surface area (TPSA) is 44.8 Å². The second-order valence-corrected chi connectivity index (χ2v) is 9.51. The van der Waals surface area contributed by atoms with E-state index in [9.17, 15) is 4.79 Å². The highest BCUT2D eigenvalue weighted by atomic mass is 16.7. The predicted octanol–water partition coefficient (Wildman–Crippen LogP) is 8.00. The summed E-state index contributed by atoms with van der Waals surface area (Å²) in [5.74, 6) is 0.211. The lowest BCUT2D eigenvalue weighted by atomic mass is 9.95. The number of carbonyl (C=O) groups is 1. The van der Waals surface area contributed by atoms with Gasteiger partial charge < -0.3 is 14.2 Å². The molecule has 0 amide bonds. The molecule has 1 fully saturated rings. The summed E-state index contributed by atoms with van der Waals surface area (Å²) in [6, 6.07) is 7.49. The van der Waals surface area contributed by atoms with E-state index in [2.05, 4.69) is 20.8 Å². The highest BCUT2D eigenvalue weighted by molar-refractivity contribution is 5.89. The highest BCUT2D eigenvalue weighted by Crippen LogP contribution is 2.32. The molecule has 2 rings (SSSR count).